The van der Waals surface area contributed by atoms with Crippen LogP contribution in [-0.2, 0) is 0 Å². The Kier molecular flexibility index (Phi) is 5.24. The molecule has 0 bridgehead atoms. The molecule has 0 aliphatic rings. The topological polar surface area (TPSA) is 0 Å². The Morgan fingerprint density at radius 1 is 0.250 bits per heavy atom. The van der Waals surface area contributed by atoms with Crippen molar-refractivity contribution < 1.29 is 0 Å². The van der Waals surface area contributed by atoms with Crippen LogP contribution in [0.1, 0.15) is 0 Å². The van der Waals surface area contributed by atoms with Gasteiger partial charge < -0.3 is 0 Å². The molecule has 0 aliphatic heterocycles. The molecular weight excluding hydrogens is 480 g/mol. The van der Waals surface area contributed by atoms with Crippen LogP contribution in [0.25, 0.3) is 76.5 Å². The SMILES string of the molecule is c1ccc(-c2ccc3c(-c4c5ccccc5c(-c5ccccc5)c5ccccc45)cc4ccccc4c3c2)cc1. The molecular formula is C40H26. The Morgan fingerprint density at radius 2 is 0.750 bits per heavy atom. The third kappa shape index (κ3) is 3.54. The minimum absolute atomic E-state index is 1.24. The fourth-order valence-corrected chi connectivity index (χ4v) is 6.45. The third-order valence-corrected chi connectivity index (χ3v) is 8.23. The number of benzene rings is 8. The Bertz CT molecular complexity index is 2130. The van der Waals surface area contributed by atoms with Gasteiger partial charge in [0.25, 0.3) is 0 Å². The lowest BCUT2D eigenvalue weighted by Crippen LogP contribution is -1.92. The van der Waals surface area contributed by atoms with Gasteiger partial charge in [-0.2, -0.15) is 0 Å². The fourth-order valence-electron chi connectivity index (χ4n) is 6.45. The molecule has 0 atom stereocenters. The maximum atomic E-state index is 2.40. The van der Waals surface area contributed by atoms with E-state index in [1.165, 1.54) is 76.5 Å². The number of fused-ring (bicyclic) bond motifs is 5. The lowest BCUT2D eigenvalue weighted by Gasteiger charge is -2.20. The smallest absolute Gasteiger partial charge is 0.00199 e. The van der Waals surface area contributed by atoms with Gasteiger partial charge in [0.05, 0.1) is 0 Å². The molecule has 8 rings (SSSR count). The average molecular weight is 507 g/mol. The summed E-state index contributed by atoms with van der Waals surface area (Å²) >= 11 is 0. The largest absolute Gasteiger partial charge is 0.0622 e. The van der Waals surface area contributed by atoms with Gasteiger partial charge in [0.2, 0.25) is 0 Å². The van der Waals surface area contributed by atoms with Crippen molar-refractivity contribution >= 4 is 43.1 Å². The average Bonchev–Trinajstić information content (AvgIpc) is 3.04. The second kappa shape index (κ2) is 9.22. The molecule has 0 nitrogen and oxygen atoms in total. The van der Waals surface area contributed by atoms with Crippen LogP contribution in [0.15, 0.2) is 158 Å². The molecule has 0 fully saturated rings. The van der Waals surface area contributed by atoms with E-state index in [1.54, 1.807) is 0 Å². The maximum absolute atomic E-state index is 2.40. The molecule has 8 aromatic rings. The highest BCUT2D eigenvalue weighted by Gasteiger charge is 2.19. The summed E-state index contributed by atoms with van der Waals surface area (Å²) in [5.41, 5.74) is 7.60. The lowest BCUT2D eigenvalue weighted by atomic mass is 9.83. The first-order chi connectivity index (χ1) is 19.9. The van der Waals surface area contributed by atoms with Crippen LogP contribution in [0.5, 0.6) is 0 Å². The summed E-state index contributed by atoms with van der Waals surface area (Å²) < 4.78 is 0. The van der Waals surface area contributed by atoms with Gasteiger partial charge in [0, 0.05) is 0 Å². The van der Waals surface area contributed by atoms with E-state index >= 15 is 0 Å². The predicted octanol–water partition coefficient (Wildman–Crippen LogP) is 11.3. The van der Waals surface area contributed by atoms with Crippen molar-refractivity contribution in [1.82, 2.24) is 0 Å². The highest BCUT2D eigenvalue weighted by Crippen LogP contribution is 2.46. The van der Waals surface area contributed by atoms with Gasteiger partial charge in [0.1, 0.15) is 0 Å². The molecule has 0 heterocycles. The van der Waals surface area contributed by atoms with Crippen LogP contribution in [-0.4, -0.2) is 0 Å². The molecule has 0 spiro atoms. The third-order valence-electron chi connectivity index (χ3n) is 8.23. The summed E-state index contributed by atoms with van der Waals surface area (Å²) in [6.45, 7) is 0. The molecule has 0 unspecified atom stereocenters. The molecule has 0 saturated carbocycles. The molecule has 8 aromatic carbocycles. The van der Waals surface area contributed by atoms with E-state index in [9.17, 15) is 0 Å². The van der Waals surface area contributed by atoms with Crippen LogP contribution in [0.3, 0.4) is 0 Å². The van der Waals surface area contributed by atoms with Crippen molar-refractivity contribution in [1.29, 1.82) is 0 Å². The van der Waals surface area contributed by atoms with Crippen LogP contribution < -0.4 is 0 Å². The first-order valence-electron chi connectivity index (χ1n) is 13.9. The lowest BCUT2D eigenvalue weighted by molar-refractivity contribution is 1.64. The Hall–Kier alpha value is -5.20. The summed E-state index contributed by atoms with van der Waals surface area (Å²) in [6, 6.07) is 57.5. The summed E-state index contributed by atoms with van der Waals surface area (Å²) in [7, 11) is 0. The zero-order valence-electron chi connectivity index (χ0n) is 22.0. The van der Waals surface area contributed by atoms with Gasteiger partial charge in [-0.25, -0.2) is 0 Å². The second-order valence-corrected chi connectivity index (χ2v) is 10.5. The molecule has 186 valence electrons. The van der Waals surface area contributed by atoms with Crippen molar-refractivity contribution in [2.24, 2.45) is 0 Å². The Morgan fingerprint density at radius 3 is 1.38 bits per heavy atom. The van der Waals surface area contributed by atoms with Gasteiger partial charge in [-0.15, -0.1) is 0 Å². The molecule has 0 heteroatoms. The number of hydrogen-bond acceptors (Lipinski definition) is 0. The zero-order valence-corrected chi connectivity index (χ0v) is 22.0. The van der Waals surface area contributed by atoms with Crippen molar-refractivity contribution in [3.05, 3.63) is 158 Å². The normalized spacial score (nSPS) is 11.5. The zero-order chi connectivity index (χ0) is 26.5. The molecule has 0 aromatic heterocycles. The van der Waals surface area contributed by atoms with Crippen LogP contribution in [0.2, 0.25) is 0 Å². The molecule has 0 N–H and O–H groups in total. The summed E-state index contributed by atoms with van der Waals surface area (Å²) in [6.07, 6.45) is 0. The van der Waals surface area contributed by atoms with E-state index in [1.807, 2.05) is 0 Å². The van der Waals surface area contributed by atoms with Crippen LogP contribution in [0.4, 0.5) is 0 Å². The van der Waals surface area contributed by atoms with Gasteiger partial charge in [-0.05, 0) is 88.6 Å². The summed E-state index contributed by atoms with van der Waals surface area (Å²) in [5.74, 6) is 0. The minimum Gasteiger partial charge on any atom is -0.0622 e. The summed E-state index contributed by atoms with van der Waals surface area (Å²) in [4.78, 5) is 0. The molecule has 0 radical (unpaired) electrons. The van der Waals surface area contributed by atoms with Crippen LogP contribution >= 0.6 is 0 Å². The van der Waals surface area contributed by atoms with E-state index in [2.05, 4.69) is 158 Å². The van der Waals surface area contributed by atoms with E-state index in [-0.39, 0.29) is 0 Å². The number of rotatable bonds is 3. The summed E-state index contributed by atoms with van der Waals surface area (Å²) in [5, 5.41) is 10.2. The van der Waals surface area contributed by atoms with E-state index in [0.717, 1.165) is 0 Å². The number of hydrogen-bond donors (Lipinski definition) is 0. The molecule has 0 saturated heterocycles. The van der Waals surface area contributed by atoms with Crippen molar-refractivity contribution in [3.8, 4) is 33.4 Å². The molecule has 0 amide bonds. The first-order valence-corrected chi connectivity index (χ1v) is 13.9. The maximum Gasteiger partial charge on any atom is -0.00199 e. The van der Waals surface area contributed by atoms with E-state index < -0.39 is 0 Å². The first kappa shape index (κ1) is 22.8. The quantitative estimate of drug-likeness (QED) is 0.165. The standard InChI is InChI=1S/C40H26/c1-3-13-27(14-4-1)29-23-24-32-37(25-29)31-18-8-7-17-30(31)26-38(32)40-35-21-11-9-19-33(35)39(28-15-5-2-6-16-28)34-20-10-12-22-36(34)40/h1-26H. The Labute approximate surface area is 233 Å². The van der Waals surface area contributed by atoms with Gasteiger partial charge >= 0.3 is 0 Å². The second-order valence-electron chi connectivity index (χ2n) is 10.5. The fraction of sp³-hybridized carbons (Fsp3) is 0. The highest BCUT2D eigenvalue weighted by molar-refractivity contribution is 6.25. The van der Waals surface area contributed by atoms with E-state index in [4.69, 9.17) is 0 Å². The minimum atomic E-state index is 1.24. The molecule has 0 aliphatic carbocycles. The van der Waals surface area contributed by atoms with Crippen molar-refractivity contribution in [2.75, 3.05) is 0 Å². The van der Waals surface area contributed by atoms with Gasteiger partial charge in [0.15, 0.2) is 0 Å². The van der Waals surface area contributed by atoms with E-state index in [0.29, 0.717) is 0 Å². The van der Waals surface area contributed by atoms with Gasteiger partial charge in [-0.1, -0.05) is 146 Å². The highest BCUT2D eigenvalue weighted by atomic mass is 14.2. The predicted molar refractivity (Wildman–Crippen MR) is 173 cm³/mol. The van der Waals surface area contributed by atoms with Crippen LogP contribution in [0, 0.1) is 0 Å². The van der Waals surface area contributed by atoms with Crippen molar-refractivity contribution in [2.45, 2.75) is 0 Å². The monoisotopic (exact) mass is 506 g/mol. The molecule has 40 heavy (non-hydrogen) atoms. The Balaban J connectivity index is 1.53. The van der Waals surface area contributed by atoms with Crippen molar-refractivity contribution in [3.63, 3.8) is 0 Å². The van der Waals surface area contributed by atoms with Gasteiger partial charge in [-0.3, -0.25) is 0 Å².